The minimum Gasteiger partial charge on any atom is -0.360 e. The Kier molecular flexibility index (Phi) is 5.63. The molecule has 0 aromatic carbocycles. The summed E-state index contributed by atoms with van der Waals surface area (Å²) in [6.07, 6.45) is 0.311. The first-order valence-electron chi connectivity index (χ1n) is 7.79. The summed E-state index contributed by atoms with van der Waals surface area (Å²) in [4.78, 5) is 12.5. The molecule has 9 nitrogen and oxygen atoms in total. The summed E-state index contributed by atoms with van der Waals surface area (Å²) in [5, 5.41) is 9.89. The highest BCUT2D eigenvalue weighted by molar-refractivity contribution is 7.89. The Labute approximate surface area is 146 Å². The van der Waals surface area contributed by atoms with Gasteiger partial charge in [0.05, 0.1) is 0 Å². The van der Waals surface area contributed by atoms with Gasteiger partial charge in [-0.05, 0) is 33.1 Å². The number of hydrogen-bond acceptors (Lipinski definition) is 7. The monoisotopic (exact) mass is 370 g/mol. The molecule has 0 spiro atoms. The third-order valence-electron chi connectivity index (χ3n) is 3.44. The van der Waals surface area contributed by atoms with Gasteiger partial charge < -0.3 is 14.4 Å². The van der Waals surface area contributed by atoms with E-state index in [0.717, 1.165) is 0 Å². The van der Waals surface area contributed by atoms with Crippen LogP contribution in [0.4, 0.5) is 5.82 Å². The Balaban J connectivity index is 2.23. The van der Waals surface area contributed by atoms with Crippen LogP contribution in [0.1, 0.15) is 37.5 Å². The largest absolute Gasteiger partial charge is 0.360 e. The molecule has 0 unspecified atom stereocenters. The number of sulfonamides is 1. The molecule has 25 heavy (non-hydrogen) atoms. The van der Waals surface area contributed by atoms with Gasteiger partial charge in [-0.3, -0.25) is 4.79 Å². The van der Waals surface area contributed by atoms with E-state index in [1.165, 1.54) is 13.8 Å². The zero-order chi connectivity index (χ0) is 18.8. The van der Waals surface area contributed by atoms with Crippen LogP contribution in [0.2, 0.25) is 0 Å². The molecule has 0 aliphatic rings. The van der Waals surface area contributed by atoms with Crippen molar-refractivity contribution in [2.45, 2.75) is 52.0 Å². The standard InChI is InChI=1S/C15H22N4O5S/c1-8(2)6-12(15(20)16-13-7-9(3)23-18-13)19-25(21,22)14-10(4)17-24-11(14)5/h7-8,12,19H,6H2,1-5H3,(H,16,18,20)/t12-/m0/s1. The number of rotatable bonds is 7. The molecular weight excluding hydrogens is 348 g/mol. The summed E-state index contributed by atoms with van der Waals surface area (Å²) in [6, 6.07) is 0.573. The summed E-state index contributed by atoms with van der Waals surface area (Å²) < 4.78 is 37.6. The molecule has 0 radical (unpaired) electrons. The first-order chi connectivity index (χ1) is 11.6. The van der Waals surface area contributed by atoms with E-state index in [2.05, 4.69) is 20.4 Å². The van der Waals surface area contributed by atoms with Gasteiger partial charge in [-0.15, -0.1) is 0 Å². The number of amides is 1. The lowest BCUT2D eigenvalue weighted by Crippen LogP contribution is -2.44. The normalized spacial score (nSPS) is 13.2. The molecule has 1 atom stereocenters. The quantitative estimate of drug-likeness (QED) is 0.762. The lowest BCUT2D eigenvalue weighted by molar-refractivity contribution is -0.118. The number of aryl methyl sites for hydroxylation is 3. The molecule has 2 heterocycles. The van der Waals surface area contributed by atoms with E-state index in [1.54, 1.807) is 13.0 Å². The SMILES string of the molecule is Cc1cc(NC(=O)[C@H](CC(C)C)NS(=O)(=O)c2c(C)noc2C)no1. The van der Waals surface area contributed by atoms with E-state index in [-0.39, 0.29) is 28.1 Å². The van der Waals surface area contributed by atoms with Crippen LogP contribution in [0.25, 0.3) is 0 Å². The fourth-order valence-corrected chi connectivity index (χ4v) is 3.96. The minimum atomic E-state index is -3.97. The van der Waals surface area contributed by atoms with Crippen molar-refractivity contribution >= 4 is 21.7 Å². The smallest absolute Gasteiger partial charge is 0.246 e. The second kappa shape index (κ2) is 7.36. The number of nitrogens with one attached hydrogen (secondary N) is 2. The summed E-state index contributed by atoms with van der Waals surface area (Å²) in [5.41, 5.74) is 0.237. The van der Waals surface area contributed by atoms with Crippen molar-refractivity contribution < 1.29 is 22.3 Å². The van der Waals surface area contributed by atoms with Crippen LogP contribution < -0.4 is 10.0 Å². The van der Waals surface area contributed by atoms with Crippen molar-refractivity contribution in [3.05, 3.63) is 23.3 Å². The van der Waals surface area contributed by atoms with Crippen LogP contribution >= 0.6 is 0 Å². The van der Waals surface area contributed by atoms with Crippen molar-refractivity contribution in [3.63, 3.8) is 0 Å². The highest BCUT2D eigenvalue weighted by Crippen LogP contribution is 2.20. The van der Waals surface area contributed by atoms with Gasteiger partial charge in [-0.2, -0.15) is 4.72 Å². The van der Waals surface area contributed by atoms with Gasteiger partial charge in [-0.1, -0.05) is 24.2 Å². The lowest BCUT2D eigenvalue weighted by atomic mass is 10.0. The lowest BCUT2D eigenvalue weighted by Gasteiger charge is -2.19. The second-order valence-electron chi connectivity index (χ2n) is 6.27. The Hall–Kier alpha value is -2.20. The van der Waals surface area contributed by atoms with Crippen LogP contribution in [0, 0.1) is 26.7 Å². The third-order valence-corrected chi connectivity index (χ3v) is 5.15. The van der Waals surface area contributed by atoms with Crippen LogP contribution in [0.5, 0.6) is 0 Å². The predicted octanol–water partition coefficient (Wildman–Crippen LogP) is 1.92. The minimum absolute atomic E-state index is 0.0497. The molecule has 0 aliphatic carbocycles. The van der Waals surface area contributed by atoms with Gasteiger partial charge in [0.25, 0.3) is 0 Å². The highest BCUT2D eigenvalue weighted by Gasteiger charge is 2.31. The Morgan fingerprint density at radius 2 is 1.88 bits per heavy atom. The summed E-state index contributed by atoms with van der Waals surface area (Å²) >= 11 is 0. The van der Waals surface area contributed by atoms with Gasteiger partial charge in [0.15, 0.2) is 11.6 Å². The molecule has 1 amide bonds. The van der Waals surface area contributed by atoms with Gasteiger partial charge in [-0.25, -0.2) is 8.42 Å². The molecule has 0 saturated heterocycles. The number of anilines is 1. The maximum Gasteiger partial charge on any atom is 0.246 e. The molecule has 2 aromatic heterocycles. The van der Waals surface area contributed by atoms with Gasteiger partial charge in [0.2, 0.25) is 15.9 Å². The van der Waals surface area contributed by atoms with E-state index in [9.17, 15) is 13.2 Å². The topological polar surface area (TPSA) is 127 Å². The molecule has 0 fully saturated rings. The van der Waals surface area contributed by atoms with Gasteiger partial charge >= 0.3 is 0 Å². The zero-order valence-corrected chi connectivity index (χ0v) is 15.6. The van der Waals surface area contributed by atoms with Crippen molar-refractivity contribution in [2.24, 2.45) is 5.92 Å². The average molecular weight is 370 g/mol. The number of carbonyl (C=O) groups is 1. The van der Waals surface area contributed by atoms with Crippen LogP contribution in [0.15, 0.2) is 20.0 Å². The van der Waals surface area contributed by atoms with Crippen LogP contribution in [-0.2, 0) is 14.8 Å². The van der Waals surface area contributed by atoms with E-state index >= 15 is 0 Å². The molecule has 2 N–H and O–H groups in total. The number of nitrogens with zero attached hydrogens (tertiary/aromatic N) is 2. The molecule has 10 heteroatoms. The predicted molar refractivity (Wildman–Crippen MR) is 89.4 cm³/mol. The maximum absolute atomic E-state index is 12.7. The van der Waals surface area contributed by atoms with E-state index in [0.29, 0.717) is 12.2 Å². The van der Waals surface area contributed by atoms with Crippen molar-refractivity contribution in [3.8, 4) is 0 Å². The molecule has 0 aliphatic heterocycles. The third kappa shape index (κ3) is 4.67. The maximum atomic E-state index is 12.7. The molecular formula is C15H22N4O5S. The zero-order valence-electron chi connectivity index (χ0n) is 14.8. The Bertz CT molecular complexity index is 834. The van der Waals surface area contributed by atoms with E-state index in [1.807, 2.05) is 13.8 Å². The summed E-state index contributed by atoms with van der Waals surface area (Å²) in [5.74, 6) is 0.500. The number of carbonyl (C=O) groups excluding carboxylic acids is 1. The fourth-order valence-electron chi connectivity index (χ4n) is 2.42. The van der Waals surface area contributed by atoms with Gasteiger partial charge in [0.1, 0.15) is 22.4 Å². The molecule has 138 valence electrons. The van der Waals surface area contributed by atoms with Crippen molar-refractivity contribution in [1.29, 1.82) is 0 Å². The first-order valence-corrected chi connectivity index (χ1v) is 9.28. The van der Waals surface area contributed by atoms with Crippen molar-refractivity contribution in [1.82, 2.24) is 15.0 Å². The first kappa shape index (κ1) is 19.1. The highest BCUT2D eigenvalue weighted by atomic mass is 32.2. The molecule has 2 aromatic rings. The van der Waals surface area contributed by atoms with Crippen molar-refractivity contribution in [2.75, 3.05) is 5.32 Å². The Morgan fingerprint density at radius 3 is 2.36 bits per heavy atom. The van der Waals surface area contributed by atoms with E-state index < -0.39 is 22.0 Å². The fraction of sp³-hybridized carbons (Fsp3) is 0.533. The van der Waals surface area contributed by atoms with Gasteiger partial charge in [0, 0.05) is 6.07 Å². The molecule has 0 bridgehead atoms. The second-order valence-corrected chi connectivity index (χ2v) is 7.92. The average Bonchev–Trinajstić information content (AvgIpc) is 3.03. The Morgan fingerprint density at radius 1 is 1.20 bits per heavy atom. The summed E-state index contributed by atoms with van der Waals surface area (Å²) in [6.45, 7) is 8.51. The molecule has 2 rings (SSSR count). The van der Waals surface area contributed by atoms with E-state index in [4.69, 9.17) is 9.05 Å². The number of aromatic nitrogens is 2. The van der Waals surface area contributed by atoms with Crippen LogP contribution in [0.3, 0.4) is 0 Å². The van der Waals surface area contributed by atoms with Crippen LogP contribution in [-0.4, -0.2) is 30.7 Å². The summed E-state index contributed by atoms with van der Waals surface area (Å²) in [7, 11) is -3.97. The molecule has 0 saturated carbocycles. The number of hydrogen-bond donors (Lipinski definition) is 2.